The highest BCUT2D eigenvalue weighted by molar-refractivity contribution is 7.92. The second-order valence-corrected chi connectivity index (χ2v) is 9.40. The highest BCUT2D eigenvalue weighted by Crippen LogP contribution is 2.20. The van der Waals surface area contributed by atoms with Gasteiger partial charge in [0.25, 0.3) is 0 Å². The molecule has 0 unspecified atom stereocenters. The third kappa shape index (κ3) is 3.57. The second-order valence-electron chi connectivity index (χ2n) is 6.92. The van der Waals surface area contributed by atoms with Gasteiger partial charge in [0.2, 0.25) is 0 Å². The Bertz CT molecular complexity index is 1110. The van der Waals surface area contributed by atoms with Gasteiger partial charge in [-0.3, -0.25) is 4.57 Å². The van der Waals surface area contributed by atoms with Crippen molar-refractivity contribution in [1.82, 2.24) is 25.2 Å². The first-order chi connectivity index (χ1) is 13.4. The van der Waals surface area contributed by atoms with E-state index in [2.05, 4.69) is 20.6 Å². The molecule has 8 nitrogen and oxygen atoms in total. The van der Waals surface area contributed by atoms with E-state index in [9.17, 15) is 13.2 Å². The van der Waals surface area contributed by atoms with Crippen LogP contribution < -0.4 is 10.6 Å². The van der Waals surface area contributed by atoms with Crippen LogP contribution in [0.2, 0.25) is 0 Å². The number of nitrogens with one attached hydrogen (secondary N) is 2. The quantitative estimate of drug-likeness (QED) is 0.696. The molecule has 0 aliphatic carbocycles. The molecule has 2 aromatic heterocycles. The number of rotatable bonds is 4. The van der Waals surface area contributed by atoms with E-state index in [4.69, 9.17) is 0 Å². The van der Waals surface area contributed by atoms with Crippen LogP contribution in [0.3, 0.4) is 0 Å². The molecule has 3 aromatic rings. The maximum atomic E-state index is 12.1. The molecule has 4 rings (SSSR count). The first kappa shape index (κ1) is 18.4. The van der Waals surface area contributed by atoms with Crippen molar-refractivity contribution in [3.63, 3.8) is 0 Å². The lowest BCUT2D eigenvalue weighted by atomic mass is 10.2. The molecule has 0 saturated carbocycles. The Labute approximate surface area is 162 Å². The summed E-state index contributed by atoms with van der Waals surface area (Å²) in [5.41, 5.74) is 2.71. The zero-order valence-electron chi connectivity index (χ0n) is 15.4. The molecule has 1 fully saturated rings. The molecule has 1 saturated heterocycles. The summed E-state index contributed by atoms with van der Waals surface area (Å²) in [5.74, 6) is 0.861. The Morgan fingerprint density at radius 1 is 1.21 bits per heavy atom. The summed E-state index contributed by atoms with van der Waals surface area (Å²) in [6.07, 6.45) is 3.88. The lowest BCUT2D eigenvalue weighted by Gasteiger charge is -2.16. The Hall–Kier alpha value is -2.94. The van der Waals surface area contributed by atoms with Gasteiger partial charge < -0.3 is 10.6 Å². The number of imidazole rings is 1. The highest BCUT2D eigenvalue weighted by Gasteiger charge is 2.37. The van der Waals surface area contributed by atoms with Crippen LogP contribution in [0, 0.1) is 0 Å². The van der Waals surface area contributed by atoms with Crippen LogP contribution in [0.1, 0.15) is 18.9 Å². The van der Waals surface area contributed by atoms with Crippen LogP contribution in [0.4, 0.5) is 4.79 Å². The Balaban J connectivity index is 1.37. The van der Waals surface area contributed by atoms with Crippen LogP contribution in [-0.4, -0.2) is 46.0 Å². The van der Waals surface area contributed by atoms with Crippen molar-refractivity contribution in [2.75, 3.05) is 5.75 Å². The maximum Gasteiger partial charge on any atom is 0.315 e. The summed E-state index contributed by atoms with van der Waals surface area (Å²) >= 11 is 0. The van der Waals surface area contributed by atoms with E-state index >= 15 is 0 Å². The molecule has 9 heteroatoms. The largest absolute Gasteiger partial charge is 0.334 e. The van der Waals surface area contributed by atoms with Crippen molar-refractivity contribution in [3.05, 3.63) is 54.5 Å². The molecule has 3 heterocycles. The second kappa shape index (κ2) is 7.23. The molecule has 28 heavy (non-hydrogen) atoms. The number of nitrogens with zero attached hydrogens (tertiary/aromatic N) is 3. The van der Waals surface area contributed by atoms with E-state index in [1.54, 1.807) is 19.4 Å². The van der Waals surface area contributed by atoms with Gasteiger partial charge in [-0.05, 0) is 37.1 Å². The fourth-order valence-electron chi connectivity index (χ4n) is 3.36. The van der Waals surface area contributed by atoms with Crippen molar-refractivity contribution in [2.45, 2.75) is 31.2 Å². The van der Waals surface area contributed by atoms with Gasteiger partial charge in [0.05, 0.1) is 22.0 Å². The topological polar surface area (TPSA) is 106 Å². The number of benzene rings is 1. The molecular weight excluding hydrogens is 378 g/mol. The third-order valence-electron chi connectivity index (χ3n) is 5.13. The number of fused-ring (bicyclic) bond motifs is 1. The number of aromatic nitrogens is 3. The number of hydrogen-bond acceptors (Lipinski definition) is 5. The molecular formula is C19H21N5O3S. The first-order valence-electron chi connectivity index (χ1n) is 9.07. The standard InChI is InChI=1S/C19H21N5O3S/c1-13-15(8-9-28(13,26)27)23-19(25)21-11-14-6-7-18(20-10-14)24-12-22-16-4-2-3-5-17(16)24/h2-7,10,12-13,15H,8-9,11H2,1H3,(H2,21,23,25)/t13-,15-/m1/s1. The molecule has 2 N–H and O–H groups in total. The normalized spacial score (nSPS) is 20.9. The Morgan fingerprint density at radius 2 is 2.04 bits per heavy atom. The first-order valence-corrected chi connectivity index (χ1v) is 10.8. The molecule has 0 radical (unpaired) electrons. The zero-order chi connectivity index (χ0) is 19.7. The number of carbonyl (C=O) groups excluding carboxylic acids is 1. The SMILES string of the molecule is C[C@@H]1[C@H](NC(=O)NCc2ccc(-n3cnc4ccccc43)nc2)CCS1(=O)=O. The summed E-state index contributed by atoms with van der Waals surface area (Å²) in [7, 11) is -3.09. The van der Waals surface area contributed by atoms with Gasteiger partial charge in [-0.1, -0.05) is 18.2 Å². The summed E-state index contributed by atoms with van der Waals surface area (Å²) < 4.78 is 25.4. The van der Waals surface area contributed by atoms with Gasteiger partial charge in [0.1, 0.15) is 12.1 Å². The number of urea groups is 1. The van der Waals surface area contributed by atoms with E-state index in [0.29, 0.717) is 13.0 Å². The Kier molecular flexibility index (Phi) is 4.76. The summed E-state index contributed by atoms with van der Waals surface area (Å²) in [5, 5.41) is 4.95. The molecule has 1 aliphatic heterocycles. The lowest BCUT2D eigenvalue weighted by molar-refractivity contribution is 0.236. The lowest BCUT2D eigenvalue weighted by Crippen LogP contribution is -2.45. The molecule has 1 aromatic carbocycles. The minimum Gasteiger partial charge on any atom is -0.334 e. The van der Waals surface area contributed by atoms with Gasteiger partial charge in [-0.2, -0.15) is 0 Å². The van der Waals surface area contributed by atoms with E-state index in [0.717, 1.165) is 22.4 Å². The fourth-order valence-corrected chi connectivity index (χ4v) is 5.02. The van der Waals surface area contributed by atoms with E-state index in [1.807, 2.05) is 41.0 Å². The van der Waals surface area contributed by atoms with Crippen molar-refractivity contribution < 1.29 is 13.2 Å². The van der Waals surface area contributed by atoms with Crippen LogP contribution in [0.15, 0.2) is 48.9 Å². The number of carbonyl (C=O) groups is 1. The number of para-hydroxylation sites is 2. The monoisotopic (exact) mass is 399 g/mol. The molecule has 2 amide bonds. The van der Waals surface area contributed by atoms with Crippen LogP contribution in [0.25, 0.3) is 16.9 Å². The minimum absolute atomic E-state index is 0.118. The minimum atomic E-state index is -3.09. The number of hydrogen-bond donors (Lipinski definition) is 2. The van der Waals surface area contributed by atoms with Crippen molar-refractivity contribution in [1.29, 1.82) is 0 Å². The predicted octanol–water partition coefficient (Wildman–Crippen LogP) is 1.80. The molecule has 146 valence electrons. The van der Waals surface area contributed by atoms with Gasteiger partial charge in [0.15, 0.2) is 9.84 Å². The molecule has 0 bridgehead atoms. The van der Waals surface area contributed by atoms with E-state index in [1.165, 1.54) is 0 Å². The van der Waals surface area contributed by atoms with Crippen molar-refractivity contribution in [3.8, 4) is 5.82 Å². The van der Waals surface area contributed by atoms with Crippen LogP contribution in [0.5, 0.6) is 0 Å². The molecule has 1 aliphatic rings. The Morgan fingerprint density at radius 3 is 2.75 bits per heavy atom. The fraction of sp³-hybridized carbons (Fsp3) is 0.316. The van der Waals surface area contributed by atoms with Gasteiger partial charge in [-0.15, -0.1) is 0 Å². The number of sulfone groups is 1. The average molecular weight is 399 g/mol. The van der Waals surface area contributed by atoms with Gasteiger partial charge in [-0.25, -0.2) is 23.2 Å². The summed E-state index contributed by atoms with van der Waals surface area (Å²) in [6, 6.07) is 10.9. The third-order valence-corrected chi connectivity index (χ3v) is 7.39. The van der Waals surface area contributed by atoms with E-state index < -0.39 is 15.1 Å². The van der Waals surface area contributed by atoms with Gasteiger partial charge in [0, 0.05) is 18.8 Å². The number of amides is 2. The van der Waals surface area contributed by atoms with Crippen molar-refractivity contribution in [2.24, 2.45) is 0 Å². The summed E-state index contributed by atoms with van der Waals surface area (Å²) in [4.78, 5) is 20.9. The average Bonchev–Trinajstić information content (AvgIpc) is 3.23. The molecule has 0 spiro atoms. The summed E-state index contributed by atoms with van der Waals surface area (Å²) in [6.45, 7) is 1.94. The maximum absolute atomic E-state index is 12.1. The molecule has 2 atom stereocenters. The number of pyridine rings is 1. The highest BCUT2D eigenvalue weighted by atomic mass is 32.2. The van der Waals surface area contributed by atoms with E-state index in [-0.39, 0.29) is 17.8 Å². The van der Waals surface area contributed by atoms with Gasteiger partial charge >= 0.3 is 6.03 Å². The smallest absolute Gasteiger partial charge is 0.315 e. The van der Waals surface area contributed by atoms with Crippen LogP contribution >= 0.6 is 0 Å². The van der Waals surface area contributed by atoms with Crippen molar-refractivity contribution >= 4 is 26.9 Å². The predicted molar refractivity (Wildman–Crippen MR) is 106 cm³/mol. The van der Waals surface area contributed by atoms with Crippen LogP contribution in [-0.2, 0) is 16.4 Å². The zero-order valence-corrected chi connectivity index (χ0v) is 16.2.